The molecule has 1 saturated heterocycles. The highest BCUT2D eigenvalue weighted by atomic mass is 16.5. The molecule has 1 amide bonds. The third kappa shape index (κ3) is 5.16. The minimum atomic E-state index is 0.151. The highest BCUT2D eigenvalue weighted by Crippen LogP contribution is 2.28. The highest BCUT2D eigenvalue weighted by Gasteiger charge is 2.25. The maximum Gasteiger partial charge on any atom is 0.278 e. The molecule has 2 aromatic carbocycles. The Bertz CT molecular complexity index is 850. The maximum atomic E-state index is 12.9. The molecule has 3 rings (SSSR count). The molecule has 0 aliphatic carbocycles. The number of ether oxygens (including phenoxy) is 2. The molecule has 0 aromatic heterocycles. The second-order valence-corrected chi connectivity index (χ2v) is 7.50. The second kappa shape index (κ2) is 10.2. The van der Waals surface area contributed by atoms with Crippen LogP contribution in [0.1, 0.15) is 12.5 Å². The van der Waals surface area contributed by atoms with Crippen LogP contribution in [0.2, 0.25) is 0 Å². The monoisotopic (exact) mass is 414 g/mol. The van der Waals surface area contributed by atoms with E-state index in [1.807, 2.05) is 48.2 Å². The number of para-hydroxylation sites is 2. The van der Waals surface area contributed by atoms with Gasteiger partial charge in [-0.15, -0.1) is 0 Å². The van der Waals surface area contributed by atoms with Crippen LogP contribution in [0.3, 0.4) is 0 Å². The zero-order chi connectivity index (χ0) is 21.5. The third-order valence-corrected chi connectivity index (χ3v) is 5.65. The lowest BCUT2D eigenvalue weighted by molar-refractivity contribution is -0.892. The van der Waals surface area contributed by atoms with Gasteiger partial charge in [0.2, 0.25) is 0 Å². The number of likely N-dealkylation sites (N-methyl/N-ethyl adjacent to an activating group) is 1. The number of anilines is 1. The average molecular weight is 415 g/mol. The van der Waals surface area contributed by atoms with E-state index in [1.54, 1.807) is 20.3 Å². The standard InChI is InChI=1S/C23H31N3O4/c1-4-25(16-18-9-10-21(29-2)22(15-18)30-3)23(28)17-24-11-13-26(14-12-24)19-7-5-6-8-20(19)27/h5-10,15,27H,4,11-14,16-17H2,1-3H3/p+1. The normalized spacial score (nSPS) is 14.4. The Labute approximate surface area is 178 Å². The van der Waals surface area contributed by atoms with Gasteiger partial charge in [-0.1, -0.05) is 18.2 Å². The van der Waals surface area contributed by atoms with E-state index in [-0.39, 0.29) is 5.91 Å². The fourth-order valence-electron chi connectivity index (χ4n) is 3.87. The smallest absolute Gasteiger partial charge is 0.278 e. The van der Waals surface area contributed by atoms with Crippen molar-refractivity contribution in [2.75, 3.05) is 58.4 Å². The number of carbonyl (C=O) groups excluding carboxylic acids is 1. The first kappa shape index (κ1) is 21.8. The topological polar surface area (TPSA) is 66.7 Å². The van der Waals surface area contributed by atoms with Gasteiger partial charge >= 0.3 is 0 Å². The number of carbonyl (C=O) groups is 1. The summed E-state index contributed by atoms with van der Waals surface area (Å²) in [6.07, 6.45) is 0. The molecule has 7 nitrogen and oxygen atoms in total. The number of quaternary nitrogens is 1. The Morgan fingerprint density at radius 1 is 1.10 bits per heavy atom. The van der Waals surface area contributed by atoms with Crippen LogP contribution in [-0.2, 0) is 11.3 Å². The van der Waals surface area contributed by atoms with Crippen molar-refractivity contribution in [3.8, 4) is 17.2 Å². The molecule has 30 heavy (non-hydrogen) atoms. The van der Waals surface area contributed by atoms with Crippen LogP contribution in [0.15, 0.2) is 42.5 Å². The number of rotatable bonds is 8. The number of amides is 1. The van der Waals surface area contributed by atoms with Gasteiger partial charge in [-0.25, -0.2) is 0 Å². The lowest BCUT2D eigenvalue weighted by Gasteiger charge is -2.34. The van der Waals surface area contributed by atoms with Crippen molar-refractivity contribution < 1.29 is 24.3 Å². The number of methoxy groups -OCH3 is 2. The molecule has 1 heterocycles. The summed E-state index contributed by atoms with van der Waals surface area (Å²) in [7, 11) is 3.23. The van der Waals surface area contributed by atoms with Crippen LogP contribution < -0.4 is 19.3 Å². The minimum absolute atomic E-state index is 0.151. The van der Waals surface area contributed by atoms with Gasteiger partial charge in [0.05, 0.1) is 46.1 Å². The molecular formula is C23H32N3O4+. The van der Waals surface area contributed by atoms with Crippen LogP contribution in [0.5, 0.6) is 17.2 Å². The number of hydrogen-bond acceptors (Lipinski definition) is 5. The van der Waals surface area contributed by atoms with Crippen LogP contribution in [0.4, 0.5) is 5.69 Å². The van der Waals surface area contributed by atoms with Gasteiger partial charge in [-0.3, -0.25) is 4.79 Å². The summed E-state index contributed by atoms with van der Waals surface area (Å²) < 4.78 is 10.7. The van der Waals surface area contributed by atoms with Gasteiger partial charge in [-0.2, -0.15) is 0 Å². The molecule has 162 valence electrons. The molecule has 0 atom stereocenters. The number of aromatic hydroxyl groups is 1. The summed E-state index contributed by atoms with van der Waals surface area (Å²) >= 11 is 0. The fraction of sp³-hybridized carbons (Fsp3) is 0.435. The summed E-state index contributed by atoms with van der Waals surface area (Å²) in [4.78, 5) is 18.3. The third-order valence-electron chi connectivity index (χ3n) is 5.65. The first-order chi connectivity index (χ1) is 14.5. The number of piperazine rings is 1. The summed E-state index contributed by atoms with van der Waals surface area (Å²) in [5.74, 6) is 1.81. The van der Waals surface area contributed by atoms with E-state index < -0.39 is 0 Å². The van der Waals surface area contributed by atoms with Crippen molar-refractivity contribution in [3.05, 3.63) is 48.0 Å². The molecule has 2 N–H and O–H groups in total. The van der Waals surface area contributed by atoms with Gasteiger partial charge < -0.3 is 29.3 Å². The average Bonchev–Trinajstić information content (AvgIpc) is 2.78. The van der Waals surface area contributed by atoms with Crippen molar-refractivity contribution in [2.45, 2.75) is 13.5 Å². The molecule has 7 heteroatoms. The number of phenolic OH excluding ortho intramolecular Hbond substituents is 1. The van der Waals surface area contributed by atoms with Gasteiger partial charge in [0.15, 0.2) is 18.0 Å². The highest BCUT2D eigenvalue weighted by molar-refractivity contribution is 5.77. The lowest BCUT2D eigenvalue weighted by atomic mass is 10.2. The summed E-state index contributed by atoms with van der Waals surface area (Å²) in [5.41, 5.74) is 1.88. The number of hydrogen-bond donors (Lipinski definition) is 2. The van der Waals surface area contributed by atoms with E-state index in [9.17, 15) is 9.90 Å². The lowest BCUT2D eigenvalue weighted by Crippen LogP contribution is -3.15. The maximum absolute atomic E-state index is 12.9. The first-order valence-electron chi connectivity index (χ1n) is 10.4. The second-order valence-electron chi connectivity index (χ2n) is 7.50. The zero-order valence-corrected chi connectivity index (χ0v) is 18.1. The molecule has 0 spiro atoms. The molecular weight excluding hydrogens is 382 g/mol. The summed E-state index contributed by atoms with van der Waals surface area (Å²) in [5, 5.41) is 10.1. The predicted octanol–water partition coefficient (Wildman–Crippen LogP) is 1.16. The Morgan fingerprint density at radius 3 is 2.43 bits per heavy atom. The van der Waals surface area contributed by atoms with Crippen molar-refractivity contribution >= 4 is 11.6 Å². The van der Waals surface area contributed by atoms with Crippen molar-refractivity contribution in [3.63, 3.8) is 0 Å². The van der Waals surface area contributed by atoms with E-state index in [0.717, 1.165) is 37.4 Å². The number of nitrogens with one attached hydrogen (secondary N) is 1. The molecule has 0 bridgehead atoms. The van der Waals surface area contributed by atoms with Crippen molar-refractivity contribution in [1.82, 2.24) is 4.90 Å². The Hall–Kier alpha value is -2.93. The Balaban J connectivity index is 1.55. The molecule has 1 fully saturated rings. The van der Waals surface area contributed by atoms with Gasteiger partial charge in [0, 0.05) is 13.1 Å². The van der Waals surface area contributed by atoms with Gasteiger partial charge in [0.25, 0.3) is 5.91 Å². The molecule has 0 radical (unpaired) electrons. The van der Waals surface area contributed by atoms with E-state index >= 15 is 0 Å². The van der Waals surface area contributed by atoms with Crippen LogP contribution in [0.25, 0.3) is 0 Å². The number of phenols is 1. The van der Waals surface area contributed by atoms with E-state index in [0.29, 0.717) is 36.9 Å². The van der Waals surface area contributed by atoms with Crippen LogP contribution in [0, 0.1) is 0 Å². The first-order valence-corrected chi connectivity index (χ1v) is 10.4. The largest absolute Gasteiger partial charge is 0.506 e. The van der Waals surface area contributed by atoms with E-state index in [1.165, 1.54) is 4.90 Å². The zero-order valence-electron chi connectivity index (χ0n) is 18.1. The molecule has 0 unspecified atom stereocenters. The molecule has 1 aliphatic rings. The van der Waals surface area contributed by atoms with Crippen molar-refractivity contribution in [1.29, 1.82) is 0 Å². The minimum Gasteiger partial charge on any atom is -0.506 e. The predicted molar refractivity (Wildman–Crippen MR) is 117 cm³/mol. The Kier molecular flexibility index (Phi) is 7.41. The fourth-order valence-corrected chi connectivity index (χ4v) is 3.87. The molecule has 1 aliphatic heterocycles. The number of benzene rings is 2. The van der Waals surface area contributed by atoms with Crippen LogP contribution in [-0.4, -0.2) is 69.4 Å². The van der Waals surface area contributed by atoms with Crippen LogP contribution >= 0.6 is 0 Å². The number of nitrogens with zero attached hydrogens (tertiary/aromatic N) is 2. The molecule has 2 aromatic rings. The van der Waals surface area contributed by atoms with Gasteiger partial charge in [0.1, 0.15) is 5.75 Å². The van der Waals surface area contributed by atoms with Gasteiger partial charge in [-0.05, 0) is 36.8 Å². The van der Waals surface area contributed by atoms with Crippen molar-refractivity contribution in [2.24, 2.45) is 0 Å². The molecule has 0 saturated carbocycles. The summed E-state index contributed by atoms with van der Waals surface area (Å²) in [6, 6.07) is 13.2. The van der Waals surface area contributed by atoms with E-state index in [4.69, 9.17) is 9.47 Å². The van der Waals surface area contributed by atoms with E-state index in [2.05, 4.69) is 4.90 Å². The quantitative estimate of drug-likeness (QED) is 0.679. The summed E-state index contributed by atoms with van der Waals surface area (Å²) in [6.45, 7) is 7.07. The SMILES string of the molecule is CCN(Cc1ccc(OC)c(OC)c1)C(=O)C[NH+]1CCN(c2ccccc2O)CC1. The Morgan fingerprint density at radius 2 is 1.80 bits per heavy atom.